The minimum absolute atomic E-state index is 0.0179. The molecule has 3 heterocycles. The number of fused-ring (bicyclic) bond motifs is 2. The van der Waals surface area contributed by atoms with Crippen LogP contribution >= 0.6 is 11.3 Å². The number of hydrogen-bond acceptors (Lipinski definition) is 8. The molecule has 32 heavy (non-hydrogen) atoms. The Morgan fingerprint density at radius 1 is 1.09 bits per heavy atom. The van der Waals surface area contributed by atoms with E-state index in [0.717, 1.165) is 11.1 Å². The smallest absolute Gasteiger partial charge is 0.297 e. The van der Waals surface area contributed by atoms with Gasteiger partial charge < -0.3 is 14.3 Å². The monoisotopic (exact) mass is 449 g/mol. The molecule has 1 amide bonds. The normalized spacial score (nSPS) is 15.4. The highest BCUT2D eigenvalue weighted by molar-refractivity contribution is 7.15. The molecule has 0 saturated heterocycles. The summed E-state index contributed by atoms with van der Waals surface area (Å²) in [5.41, 5.74) is 2.80. The molecule has 0 spiro atoms. The molecule has 0 saturated carbocycles. The van der Waals surface area contributed by atoms with Gasteiger partial charge in [0.1, 0.15) is 10.6 Å². The fourth-order valence-corrected chi connectivity index (χ4v) is 4.70. The van der Waals surface area contributed by atoms with E-state index < -0.39 is 11.9 Å². The van der Waals surface area contributed by atoms with Crippen molar-refractivity contribution >= 4 is 33.3 Å². The van der Waals surface area contributed by atoms with Crippen LogP contribution in [0.3, 0.4) is 0 Å². The molecule has 0 fully saturated rings. The quantitative estimate of drug-likeness (QED) is 0.503. The van der Waals surface area contributed by atoms with Crippen LogP contribution in [0.25, 0.3) is 11.0 Å². The summed E-state index contributed by atoms with van der Waals surface area (Å²) in [7, 11) is 1.44. The Hall–Kier alpha value is -3.72. The van der Waals surface area contributed by atoms with Crippen LogP contribution < -0.4 is 15.1 Å². The first-order valence-electron chi connectivity index (χ1n) is 9.88. The third-order valence-electron chi connectivity index (χ3n) is 5.73. The maximum absolute atomic E-state index is 13.7. The molecule has 0 aliphatic carbocycles. The average Bonchev–Trinajstić information content (AvgIpc) is 3.31. The Kier molecular flexibility index (Phi) is 4.52. The molecule has 9 heteroatoms. The van der Waals surface area contributed by atoms with Crippen LogP contribution in [-0.2, 0) is 0 Å². The Morgan fingerprint density at radius 2 is 1.84 bits per heavy atom. The number of phenolic OH excluding ortho intramolecular Hbond substituents is 1. The molecular formula is C23H19N3O5S. The van der Waals surface area contributed by atoms with Gasteiger partial charge in [-0.2, -0.15) is 0 Å². The molecule has 1 aliphatic heterocycles. The summed E-state index contributed by atoms with van der Waals surface area (Å²) in [6.07, 6.45) is 0. The van der Waals surface area contributed by atoms with Gasteiger partial charge in [-0.25, -0.2) is 0 Å². The number of rotatable bonds is 3. The van der Waals surface area contributed by atoms with Crippen molar-refractivity contribution in [3.63, 3.8) is 0 Å². The van der Waals surface area contributed by atoms with Gasteiger partial charge in [-0.15, -0.1) is 10.2 Å². The highest BCUT2D eigenvalue weighted by Crippen LogP contribution is 2.43. The molecule has 8 nitrogen and oxygen atoms in total. The van der Waals surface area contributed by atoms with E-state index in [1.165, 1.54) is 29.4 Å². The van der Waals surface area contributed by atoms with Gasteiger partial charge in [0.15, 0.2) is 16.9 Å². The topological polar surface area (TPSA) is 106 Å². The number of aromatic hydroxyl groups is 1. The Labute approximate surface area is 186 Å². The minimum atomic E-state index is -0.804. The molecule has 5 rings (SSSR count). The fourth-order valence-electron chi connectivity index (χ4n) is 3.99. The van der Waals surface area contributed by atoms with Gasteiger partial charge in [-0.3, -0.25) is 14.5 Å². The lowest BCUT2D eigenvalue weighted by Crippen LogP contribution is -2.29. The standard InChI is InChI=1S/C23H19N3O5S/c1-10-7-14-16(8-11(10)2)31-21-18(20(14)28)19(13-5-6-15(27)17(9-13)30-4)26(22(21)29)23-25-24-12(3)32-23/h5-9,19,27H,1-4H3. The Bertz CT molecular complexity index is 1470. The van der Waals surface area contributed by atoms with E-state index in [2.05, 4.69) is 10.2 Å². The van der Waals surface area contributed by atoms with E-state index in [-0.39, 0.29) is 28.3 Å². The van der Waals surface area contributed by atoms with Crippen LogP contribution in [0.4, 0.5) is 5.13 Å². The molecule has 162 valence electrons. The number of carbonyl (C=O) groups excluding carboxylic acids is 1. The number of aromatic nitrogens is 2. The molecule has 2 aromatic heterocycles. The SMILES string of the molecule is COc1cc(C2c3c(oc4cc(C)c(C)cc4c3=O)C(=O)N2c2nnc(C)s2)ccc1O. The molecule has 1 unspecified atom stereocenters. The minimum Gasteiger partial charge on any atom is -0.504 e. The van der Waals surface area contributed by atoms with Gasteiger partial charge >= 0.3 is 0 Å². The van der Waals surface area contributed by atoms with Gasteiger partial charge in [0.25, 0.3) is 5.91 Å². The number of nitrogens with zero attached hydrogens (tertiary/aromatic N) is 3. The molecular weight excluding hydrogens is 430 g/mol. The maximum atomic E-state index is 13.7. The van der Waals surface area contributed by atoms with E-state index >= 15 is 0 Å². The van der Waals surface area contributed by atoms with E-state index in [0.29, 0.717) is 26.7 Å². The number of anilines is 1. The van der Waals surface area contributed by atoms with E-state index in [9.17, 15) is 14.7 Å². The lowest BCUT2D eigenvalue weighted by atomic mass is 9.97. The number of phenols is 1. The van der Waals surface area contributed by atoms with Gasteiger partial charge in [0.2, 0.25) is 10.9 Å². The molecule has 2 aromatic carbocycles. The van der Waals surface area contributed by atoms with Gasteiger partial charge in [0, 0.05) is 0 Å². The summed E-state index contributed by atoms with van der Waals surface area (Å²) in [5, 5.41) is 19.7. The second kappa shape index (κ2) is 7.16. The van der Waals surface area contributed by atoms with Crippen molar-refractivity contribution in [2.75, 3.05) is 12.0 Å². The summed E-state index contributed by atoms with van der Waals surface area (Å²) in [4.78, 5) is 28.6. The van der Waals surface area contributed by atoms with Crippen molar-refractivity contribution in [2.45, 2.75) is 26.8 Å². The van der Waals surface area contributed by atoms with Crippen LogP contribution in [0.1, 0.15) is 43.9 Å². The van der Waals surface area contributed by atoms with Crippen LogP contribution in [-0.4, -0.2) is 28.3 Å². The summed E-state index contributed by atoms with van der Waals surface area (Å²) in [6, 6.07) is 7.48. The van der Waals surface area contributed by atoms with Crippen molar-refractivity contribution in [3.05, 3.63) is 73.6 Å². The zero-order valence-electron chi connectivity index (χ0n) is 17.8. The van der Waals surface area contributed by atoms with E-state index in [1.54, 1.807) is 31.2 Å². The zero-order valence-corrected chi connectivity index (χ0v) is 18.6. The second-order valence-corrected chi connectivity index (χ2v) is 8.88. The maximum Gasteiger partial charge on any atom is 0.297 e. The highest BCUT2D eigenvalue weighted by Gasteiger charge is 2.45. The van der Waals surface area contributed by atoms with Crippen molar-refractivity contribution in [3.8, 4) is 11.5 Å². The number of ether oxygens (including phenoxy) is 1. The van der Waals surface area contributed by atoms with Crippen molar-refractivity contribution in [1.29, 1.82) is 0 Å². The summed E-state index contributed by atoms with van der Waals surface area (Å²) >= 11 is 1.24. The molecule has 1 atom stereocenters. The number of benzene rings is 2. The summed E-state index contributed by atoms with van der Waals surface area (Å²) in [6.45, 7) is 5.63. The largest absolute Gasteiger partial charge is 0.504 e. The number of amides is 1. The molecule has 0 radical (unpaired) electrons. The molecule has 1 N–H and O–H groups in total. The van der Waals surface area contributed by atoms with Crippen LogP contribution in [0, 0.1) is 20.8 Å². The van der Waals surface area contributed by atoms with Crippen LogP contribution in [0.2, 0.25) is 0 Å². The first-order chi connectivity index (χ1) is 15.3. The first kappa shape index (κ1) is 20.2. The highest BCUT2D eigenvalue weighted by atomic mass is 32.1. The average molecular weight is 449 g/mol. The lowest BCUT2D eigenvalue weighted by Gasteiger charge is -2.22. The number of methoxy groups -OCH3 is 1. The van der Waals surface area contributed by atoms with Gasteiger partial charge in [0.05, 0.1) is 24.1 Å². The van der Waals surface area contributed by atoms with Crippen molar-refractivity contribution in [2.24, 2.45) is 0 Å². The predicted molar refractivity (Wildman–Crippen MR) is 120 cm³/mol. The van der Waals surface area contributed by atoms with E-state index in [1.807, 2.05) is 13.8 Å². The number of carbonyl (C=O) groups is 1. The van der Waals surface area contributed by atoms with Gasteiger partial charge in [-0.05, 0) is 61.7 Å². The molecule has 0 bridgehead atoms. The zero-order chi connectivity index (χ0) is 22.7. The third kappa shape index (κ3) is 2.89. The van der Waals surface area contributed by atoms with Crippen LogP contribution in [0.5, 0.6) is 11.5 Å². The Morgan fingerprint density at radius 3 is 2.53 bits per heavy atom. The van der Waals surface area contributed by atoms with Gasteiger partial charge in [-0.1, -0.05) is 17.4 Å². The molecule has 4 aromatic rings. The fraction of sp³-hybridized carbons (Fsp3) is 0.217. The second-order valence-electron chi connectivity index (χ2n) is 7.72. The summed E-state index contributed by atoms with van der Waals surface area (Å²) in [5.74, 6) is -0.301. The number of hydrogen-bond donors (Lipinski definition) is 1. The summed E-state index contributed by atoms with van der Waals surface area (Å²) < 4.78 is 11.3. The van der Waals surface area contributed by atoms with Crippen LogP contribution in [0.15, 0.2) is 39.5 Å². The predicted octanol–water partition coefficient (Wildman–Crippen LogP) is 4.03. The Balaban J connectivity index is 1.83. The number of aryl methyl sites for hydroxylation is 3. The molecule has 1 aliphatic rings. The lowest BCUT2D eigenvalue weighted by molar-refractivity contribution is 0.0970. The van der Waals surface area contributed by atoms with Crippen molar-refractivity contribution in [1.82, 2.24) is 10.2 Å². The van der Waals surface area contributed by atoms with E-state index in [4.69, 9.17) is 9.15 Å². The third-order valence-corrected chi connectivity index (χ3v) is 6.57. The first-order valence-corrected chi connectivity index (χ1v) is 10.7. The van der Waals surface area contributed by atoms with Crippen molar-refractivity contribution < 1.29 is 19.1 Å².